The molecule has 2 aromatic carbocycles. The summed E-state index contributed by atoms with van der Waals surface area (Å²) in [6, 6.07) is 15.1. The van der Waals surface area contributed by atoms with E-state index < -0.39 is 0 Å². The maximum Gasteiger partial charge on any atom is 0.0471 e. The first-order valence-electron chi connectivity index (χ1n) is 7.39. The zero-order chi connectivity index (χ0) is 14.2. The predicted octanol–water partition coefficient (Wildman–Crippen LogP) is 5.47. The molecule has 1 atom stereocenters. The van der Waals surface area contributed by atoms with Crippen LogP contribution >= 0.6 is 0 Å². The summed E-state index contributed by atoms with van der Waals surface area (Å²) in [7, 11) is 0. The normalized spacial score (nSPS) is 18.1. The number of aromatic nitrogens is 1. The molecule has 102 valence electrons. The van der Waals surface area contributed by atoms with Gasteiger partial charge in [-0.2, -0.15) is 0 Å². The minimum Gasteiger partial charge on any atom is -0.354 e. The molecule has 1 aromatic heterocycles. The topological polar surface area (TPSA) is 15.8 Å². The average molecular weight is 271 g/mol. The Morgan fingerprint density at radius 1 is 0.905 bits per heavy atom. The van der Waals surface area contributed by atoms with Crippen LogP contribution in [0.25, 0.3) is 27.4 Å². The summed E-state index contributed by atoms with van der Waals surface area (Å²) in [6.07, 6.45) is 11.0. The van der Waals surface area contributed by atoms with Gasteiger partial charge in [0.05, 0.1) is 0 Å². The van der Waals surface area contributed by atoms with Gasteiger partial charge in [0.2, 0.25) is 0 Å². The smallest absolute Gasteiger partial charge is 0.0471 e. The number of aromatic amines is 1. The van der Waals surface area contributed by atoms with Crippen LogP contribution in [0.2, 0.25) is 0 Å². The molecule has 0 saturated carbocycles. The van der Waals surface area contributed by atoms with Gasteiger partial charge in [0.1, 0.15) is 0 Å². The fourth-order valence-electron chi connectivity index (χ4n) is 2.94. The Kier molecular flexibility index (Phi) is 2.78. The van der Waals surface area contributed by atoms with Crippen LogP contribution in [0.4, 0.5) is 0 Å². The number of benzene rings is 2. The van der Waals surface area contributed by atoms with Crippen LogP contribution in [0.3, 0.4) is 0 Å². The Morgan fingerprint density at radius 3 is 2.71 bits per heavy atom. The standard InChI is InChI=1S/C20H17N/c1-14-5-4-6-15(10-9-14)16-11-12-18-17-7-2-3-8-19(17)21-20(18)13-16/h2-14,21H,1H3. The first-order valence-corrected chi connectivity index (χ1v) is 7.39. The van der Waals surface area contributed by atoms with Gasteiger partial charge in [-0.15, -0.1) is 0 Å². The zero-order valence-electron chi connectivity index (χ0n) is 12.0. The SMILES string of the molecule is CC1C=CC=C(c2ccc3c(c2)[nH]c2ccccc23)C=C1. The Labute approximate surface area is 124 Å². The van der Waals surface area contributed by atoms with Crippen molar-refractivity contribution in [2.75, 3.05) is 0 Å². The van der Waals surface area contributed by atoms with E-state index in [0.29, 0.717) is 5.92 Å². The fraction of sp³-hybridized carbons (Fsp3) is 0.100. The van der Waals surface area contributed by atoms with Crippen LogP contribution in [0.1, 0.15) is 12.5 Å². The zero-order valence-corrected chi connectivity index (χ0v) is 12.0. The summed E-state index contributed by atoms with van der Waals surface area (Å²) in [6.45, 7) is 2.20. The van der Waals surface area contributed by atoms with E-state index in [1.54, 1.807) is 0 Å². The molecule has 1 aliphatic rings. The van der Waals surface area contributed by atoms with E-state index in [1.807, 2.05) is 0 Å². The van der Waals surface area contributed by atoms with Crippen LogP contribution in [-0.2, 0) is 0 Å². The van der Waals surface area contributed by atoms with E-state index in [9.17, 15) is 0 Å². The molecule has 1 heterocycles. The summed E-state index contributed by atoms with van der Waals surface area (Å²) in [5, 5.41) is 2.58. The maximum atomic E-state index is 3.51. The minimum atomic E-state index is 0.496. The Hall–Kier alpha value is -2.54. The van der Waals surface area contributed by atoms with Crippen LogP contribution in [0.15, 0.2) is 72.8 Å². The van der Waals surface area contributed by atoms with E-state index >= 15 is 0 Å². The summed E-state index contributed by atoms with van der Waals surface area (Å²) in [5.41, 5.74) is 4.91. The van der Waals surface area contributed by atoms with E-state index in [-0.39, 0.29) is 0 Å². The summed E-state index contributed by atoms with van der Waals surface area (Å²) in [4.78, 5) is 3.51. The molecule has 1 N–H and O–H groups in total. The lowest BCUT2D eigenvalue weighted by atomic mass is 10.0. The minimum absolute atomic E-state index is 0.496. The second-order valence-electron chi connectivity index (χ2n) is 5.66. The highest BCUT2D eigenvalue weighted by Crippen LogP contribution is 2.29. The van der Waals surface area contributed by atoms with Crippen molar-refractivity contribution in [1.29, 1.82) is 0 Å². The number of allylic oxidation sites excluding steroid dienone is 6. The fourth-order valence-corrected chi connectivity index (χ4v) is 2.94. The highest BCUT2D eigenvalue weighted by molar-refractivity contribution is 6.07. The van der Waals surface area contributed by atoms with E-state index in [4.69, 9.17) is 0 Å². The van der Waals surface area contributed by atoms with Crippen molar-refractivity contribution in [3.8, 4) is 0 Å². The van der Waals surface area contributed by atoms with Crippen molar-refractivity contribution in [2.45, 2.75) is 6.92 Å². The maximum absolute atomic E-state index is 3.51. The molecule has 0 fully saturated rings. The van der Waals surface area contributed by atoms with E-state index in [0.717, 1.165) is 0 Å². The van der Waals surface area contributed by atoms with Crippen molar-refractivity contribution >= 4 is 27.4 Å². The first-order chi connectivity index (χ1) is 10.3. The monoisotopic (exact) mass is 271 g/mol. The van der Waals surface area contributed by atoms with Gasteiger partial charge in [0, 0.05) is 21.8 Å². The number of H-pyrrole nitrogens is 1. The lowest BCUT2D eigenvalue weighted by molar-refractivity contribution is 0.943. The molecule has 21 heavy (non-hydrogen) atoms. The summed E-state index contributed by atoms with van der Waals surface area (Å²) < 4.78 is 0. The number of rotatable bonds is 1. The molecule has 1 unspecified atom stereocenters. The molecule has 1 heteroatoms. The summed E-state index contributed by atoms with van der Waals surface area (Å²) in [5.74, 6) is 0.496. The number of nitrogens with one attached hydrogen (secondary N) is 1. The van der Waals surface area contributed by atoms with Crippen LogP contribution in [0.5, 0.6) is 0 Å². The molecule has 0 aliphatic heterocycles. The van der Waals surface area contributed by atoms with Crippen molar-refractivity contribution < 1.29 is 0 Å². The third kappa shape index (κ3) is 2.11. The molecular formula is C20H17N. The van der Waals surface area contributed by atoms with Crippen molar-refractivity contribution in [2.24, 2.45) is 5.92 Å². The van der Waals surface area contributed by atoms with Gasteiger partial charge in [-0.1, -0.05) is 67.6 Å². The molecular weight excluding hydrogens is 254 g/mol. The lowest BCUT2D eigenvalue weighted by Crippen LogP contribution is -1.82. The molecule has 4 rings (SSSR count). The van der Waals surface area contributed by atoms with Crippen LogP contribution < -0.4 is 0 Å². The Balaban J connectivity index is 1.88. The quantitative estimate of drug-likeness (QED) is 0.604. The second kappa shape index (κ2) is 4.78. The van der Waals surface area contributed by atoms with Gasteiger partial charge < -0.3 is 4.98 Å². The van der Waals surface area contributed by atoms with Gasteiger partial charge >= 0.3 is 0 Å². The van der Waals surface area contributed by atoms with Crippen LogP contribution in [0, 0.1) is 5.92 Å². The molecule has 0 amide bonds. The number of hydrogen-bond donors (Lipinski definition) is 1. The van der Waals surface area contributed by atoms with Gasteiger partial charge in [0.25, 0.3) is 0 Å². The first kappa shape index (κ1) is 12.2. The third-order valence-corrected chi connectivity index (χ3v) is 4.11. The van der Waals surface area contributed by atoms with Gasteiger partial charge in [0.15, 0.2) is 0 Å². The average Bonchev–Trinajstić information content (AvgIpc) is 2.73. The highest BCUT2D eigenvalue weighted by atomic mass is 14.7. The molecule has 0 bridgehead atoms. The molecule has 1 aliphatic carbocycles. The van der Waals surface area contributed by atoms with Crippen molar-refractivity contribution in [1.82, 2.24) is 4.98 Å². The largest absolute Gasteiger partial charge is 0.354 e. The van der Waals surface area contributed by atoms with Crippen LogP contribution in [-0.4, -0.2) is 4.98 Å². The van der Waals surface area contributed by atoms with E-state index in [1.165, 1.54) is 32.9 Å². The van der Waals surface area contributed by atoms with Crippen molar-refractivity contribution in [3.63, 3.8) is 0 Å². The molecule has 3 aromatic rings. The number of fused-ring (bicyclic) bond motifs is 3. The Bertz CT molecular complexity index is 906. The highest BCUT2D eigenvalue weighted by Gasteiger charge is 2.06. The predicted molar refractivity (Wildman–Crippen MR) is 91.2 cm³/mol. The van der Waals surface area contributed by atoms with Gasteiger partial charge in [-0.05, 0) is 29.2 Å². The van der Waals surface area contributed by atoms with Gasteiger partial charge in [-0.25, -0.2) is 0 Å². The molecule has 0 spiro atoms. The van der Waals surface area contributed by atoms with E-state index in [2.05, 4.69) is 84.8 Å². The lowest BCUT2D eigenvalue weighted by Gasteiger charge is -2.02. The molecule has 1 nitrogen and oxygen atoms in total. The molecule has 0 saturated heterocycles. The molecule has 0 radical (unpaired) electrons. The van der Waals surface area contributed by atoms with Gasteiger partial charge in [-0.3, -0.25) is 0 Å². The summed E-state index contributed by atoms with van der Waals surface area (Å²) >= 11 is 0. The van der Waals surface area contributed by atoms with Crippen molar-refractivity contribution in [3.05, 3.63) is 78.4 Å². The Morgan fingerprint density at radius 2 is 1.76 bits per heavy atom. The second-order valence-corrected chi connectivity index (χ2v) is 5.66. The number of hydrogen-bond acceptors (Lipinski definition) is 0. The third-order valence-electron chi connectivity index (χ3n) is 4.11. The number of para-hydroxylation sites is 1.